The van der Waals surface area contributed by atoms with Crippen molar-refractivity contribution in [1.82, 2.24) is 20.1 Å². The first-order valence-electron chi connectivity index (χ1n) is 5.81. The zero-order valence-electron chi connectivity index (χ0n) is 9.62. The zero-order chi connectivity index (χ0) is 12.5. The number of hydrogen-bond acceptors (Lipinski definition) is 4. The van der Waals surface area contributed by atoms with Crippen molar-refractivity contribution in [3.05, 3.63) is 42.2 Å². The maximum absolute atomic E-state index is 13.2. The van der Waals surface area contributed by atoms with Crippen LogP contribution in [0.15, 0.2) is 30.6 Å². The molecule has 2 atom stereocenters. The fourth-order valence-electron chi connectivity index (χ4n) is 2.22. The lowest BCUT2D eigenvalue weighted by molar-refractivity contribution is 0.193. The molecule has 0 unspecified atom stereocenters. The number of nitrogens with one attached hydrogen (secondary N) is 1. The second-order valence-electron chi connectivity index (χ2n) is 4.39. The second-order valence-corrected chi connectivity index (χ2v) is 4.39. The van der Waals surface area contributed by atoms with Gasteiger partial charge in [0.25, 0.3) is 0 Å². The number of rotatable bonds is 2. The Kier molecular flexibility index (Phi) is 2.81. The summed E-state index contributed by atoms with van der Waals surface area (Å²) >= 11 is 0. The highest BCUT2D eigenvalue weighted by atomic mass is 19.1. The van der Waals surface area contributed by atoms with Crippen LogP contribution >= 0.6 is 0 Å². The summed E-state index contributed by atoms with van der Waals surface area (Å²) in [5.74, 6) is 0.392. The molecule has 0 spiro atoms. The fraction of sp³-hybridized carbons (Fsp3) is 0.333. The van der Waals surface area contributed by atoms with Gasteiger partial charge in [-0.25, -0.2) is 4.39 Å². The van der Waals surface area contributed by atoms with Gasteiger partial charge in [-0.1, -0.05) is 6.07 Å². The molecule has 1 aliphatic heterocycles. The zero-order valence-corrected chi connectivity index (χ0v) is 9.62. The lowest BCUT2D eigenvalue weighted by atomic mass is 10.2. The summed E-state index contributed by atoms with van der Waals surface area (Å²) in [6.07, 6.45) is 1.78. The van der Waals surface area contributed by atoms with Gasteiger partial charge in [0.2, 0.25) is 0 Å². The summed E-state index contributed by atoms with van der Waals surface area (Å²) in [7, 11) is 0. The molecule has 1 aromatic heterocycles. The van der Waals surface area contributed by atoms with Gasteiger partial charge in [-0.05, 0) is 24.6 Å². The monoisotopic (exact) mass is 248 g/mol. The van der Waals surface area contributed by atoms with Crippen LogP contribution in [0, 0.1) is 5.82 Å². The van der Waals surface area contributed by atoms with Gasteiger partial charge in [-0.15, -0.1) is 10.2 Å². The van der Waals surface area contributed by atoms with Crippen LogP contribution in [-0.2, 0) is 0 Å². The number of nitrogens with zero attached hydrogens (tertiary/aromatic N) is 3. The van der Waals surface area contributed by atoms with Crippen LogP contribution in [0.1, 0.15) is 18.3 Å². The van der Waals surface area contributed by atoms with E-state index in [0.29, 0.717) is 24.5 Å². The van der Waals surface area contributed by atoms with E-state index in [1.165, 1.54) is 12.1 Å². The van der Waals surface area contributed by atoms with Crippen molar-refractivity contribution < 1.29 is 9.50 Å². The first-order valence-corrected chi connectivity index (χ1v) is 5.81. The predicted molar refractivity (Wildman–Crippen MR) is 62.7 cm³/mol. The lowest BCUT2D eigenvalue weighted by Gasteiger charge is -2.11. The van der Waals surface area contributed by atoms with Gasteiger partial charge < -0.3 is 10.4 Å². The fourth-order valence-corrected chi connectivity index (χ4v) is 2.22. The number of benzene rings is 1. The summed E-state index contributed by atoms with van der Waals surface area (Å²) in [6.45, 7) is 0.542. The van der Waals surface area contributed by atoms with Gasteiger partial charge in [0.05, 0.1) is 17.8 Å². The Labute approximate surface area is 103 Å². The maximum atomic E-state index is 13.2. The molecule has 0 amide bonds. The third-order valence-corrected chi connectivity index (χ3v) is 3.08. The molecular formula is C12H13FN4O. The van der Waals surface area contributed by atoms with E-state index in [1.807, 2.05) is 0 Å². The quantitative estimate of drug-likeness (QED) is 0.825. The molecule has 5 nitrogen and oxygen atoms in total. The van der Waals surface area contributed by atoms with Crippen molar-refractivity contribution in [3.8, 4) is 5.69 Å². The number of aromatic nitrogens is 3. The molecule has 3 rings (SSSR count). The number of hydrogen-bond donors (Lipinski definition) is 2. The molecular weight excluding hydrogens is 235 g/mol. The first-order chi connectivity index (χ1) is 8.74. The van der Waals surface area contributed by atoms with Gasteiger partial charge in [0, 0.05) is 6.54 Å². The van der Waals surface area contributed by atoms with E-state index in [9.17, 15) is 9.50 Å². The molecule has 0 bridgehead atoms. The number of aliphatic hydroxyl groups is 1. The van der Waals surface area contributed by atoms with E-state index in [4.69, 9.17) is 0 Å². The molecule has 6 heteroatoms. The van der Waals surface area contributed by atoms with Crippen LogP contribution in [0.4, 0.5) is 4.39 Å². The highest BCUT2D eigenvalue weighted by Crippen LogP contribution is 2.23. The molecule has 94 valence electrons. The van der Waals surface area contributed by atoms with Crippen molar-refractivity contribution in [3.63, 3.8) is 0 Å². The average Bonchev–Trinajstić information content (AvgIpc) is 2.96. The molecule has 2 aromatic rings. The van der Waals surface area contributed by atoms with Gasteiger partial charge in [0.15, 0.2) is 5.82 Å². The van der Waals surface area contributed by atoms with Crippen LogP contribution < -0.4 is 5.32 Å². The summed E-state index contributed by atoms with van der Waals surface area (Å²) in [6, 6.07) is 6.21. The third-order valence-electron chi connectivity index (χ3n) is 3.08. The molecule has 0 radical (unpaired) electrons. The summed E-state index contributed by atoms with van der Waals surface area (Å²) in [4.78, 5) is 0. The highest BCUT2D eigenvalue weighted by molar-refractivity contribution is 5.33. The third kappa shape index (κ3) is 2.00. The van der Waals surface area contributed by atoms with Crippen molar-refractivity contribution >= 4 is 0 Å². The van der Waals surface area contributed by atoms with Gasteiger partial charge in [0.1, 0.15) is 12.1 Å². The van der Waals surface area contributed by atoms with Crippen molar-refractivity contribution in [1.29, 1.82) is 0 Å². The molecule has 1 aliphatic rings. The Bertz CT molecular complexity index is 557. The van der Waals surface area contributed by atoms with E-state index in [0.717, 1.165) is 0 Å². The number of β-amino-alcohol motifs (C(OH)–C–C–N with tert-alkyl or cyclic N) is 1. The van der Waals surface area contributed by atoms with E-state index in [-0.39, 0.29) is 18.0 Å². The van der Waals surface area contributed by atoms with E-state index >= 15 is 0 Å². The van der Waals surface area contributed by atoms with Crippen LogP contribution in [0.25, 0.3) is 5.69 Å². The Morgan fingerprint density at radius 1 is 1.44 bits per heavy atom. The minimum Gasteiger partial charge on any atom is -0.392 e. The summed E-state index contributed by atoms with van der Waals surface area (Å²) in [5.41, 5.74) is 0.679. The molecule has 0 saturated carbocycles. The standard InChI is InChI=1S/C12H13FN4O/c13-8-2-1-3-9(4-8)17-7-15-16-12(17)11-5-10(18)6-14-11/h1-4,7,10-11,14,18H,5-6H2/t10-,11-/m0/s1. The number of aliphatic hydroxyl groups excluding tert-OH is 1. The lowest BCUT2D eigenvalue weighted by Crippen LogP contribution is -2.18. The average molecular weight is 248 g/mol. The van der Waals surface area contributed by atoms with Crippen LogP contribution in [-0.4, -0.2) is 32.5 Å². The maximum Gasteiger partial charge on any atom is 0.154 e. The van der Waals surface area contributed by atoms with Crippen molar-refractivity contribution in [2.75, 3.05) is 6.54 Å². The Balaban J connectivity index is 1.96. The van der Waals surface area contributed by atoms with Gasteiger partial charge >= 0.3 is 0 Å². The van der Waals surface area contributed by atoms with Crippen LogP contribution in [0.2, 0.25) is 0 Å². The normalized spacial score (nSPS) is 23.4. The second kappa shape index (κ2) is 4.47. The van der Waals surface area contributed by atoms with E-state index in [2.05, 4.69) is 15.5 Å². The molecule has 2 heterocycles. The molecule has 2 N–H and O–H groups in total. The molecule has 0 aliphatic carbocycles. The first kappa shape index (κ1) is 11.3. The predicted octanol–water partition coefficient (Wildman–Crippen LogP) is 0.802. The molecule has 1 saturated heterocycles. The summed E-state index contributed by atoms with van der Waals surface area (Å²) < 4.78 is 15.0. The minimum absolute atomic E-state index is 0.0502. The summed E-state index contributed by atoms with van der Waals surface area (Å²) in [5, 5.41) is 20.6. The molecule has 18 heavy (non-hydrogen) atoms. The van der Waals surface area contributed by atoms with Gasteiger partial charge in [-0.2, -0.15) is 0 Å². The van der Waals surface area contributed by atoms with Crippen LogP contribution in [0.3, 0.4) is 0 Å². The largest absolute Gasteiger partial charge is 0.392 e. The van der Waals surface area contributed by atoms with Crippen molar-refractivity contribution in [2.24, 2.45) is 0 Å². The van der Waals surface area contributed by atoms with Gasteiger partial charge in [-0.3, -0.25) is 4.57 Å². The minimum atomic E-state index is -0.368. The SMILES string of the molecule is O[C@@H]1CN[C@H](c2nncn2-c2cccc(F)c2)C1. The van der Waals surface area contributed by atoms with Crippen molar-refractivity contribution in [2.45, 2.75) is 18.6 Å². The number of halogens is 1. The Hall–Kier alpha value is -1.79. The smallest absolute Gasteiger partial charge is 0.154 e. The molecule has 1 aromatic carbocycles. The van der Waals surface area contributed by atoms with E-state index in [1.54, 1.807) is 23.0 Å². The topological polar surface area (TPSA) is 63.0 Å². The van der Waals surface area contributed by atoms with E-state index < -0.39 is 0 Å². The Morgan fingerprint density at radius 2 is 2.33 bits per heavy atom. The molecule has 1 fully saturated rings. The highest BCUT2D eigenvalue weighted by Gasteiger charge is 2.27. The van der Waals surface area contributed by atoms with Crippen LogP contribution in [0.5, 0.6) is 0 Å². The Morgan fingerprint density at radius 3 is 3.06 bits per heavy atom.